The van der Waals surface area contributed by atoms with Crippen LogP contribution in [0.5, 0.6) is 0 Å². The molecule has 1 N–H and O–H groups in total. The molecule has 0 aromatic carbocycles. The van der Waals surface area contributed by atoms with E-state index < -0.39 is 0 Å². The number of rotatable bonds is 4. The van der Waals surface area contributed by atoms with E-state index >= 15 is 0 Å². The van der Waals surface area contributed by atoms with Crippen LogP contribution in [-0.2, 0) is 4.74 Å². The van der Waals surface area contributed by atoms with Crippen LogP contribution in [0.25, 0.3) is 0 Å². The number of likely N-dealkylation sites (N-methyl/N-ethyl adjacent to an activating group) is 1. The zero-order chi connectivity index (χ0) is 13.1. The van der Waals surface area contributed by atoms with Crippen molar-refractivity contribution in [1.29, 1.82) is 0 Å². The highest BCUT2D eigenvalue weighted by Crippen LogP contribution is 2.31. The average molecular weight is 266 g/mol. The highest BCUT2D eigenvalue weighted by molar-refractivity contribution is 4.91. The largest absolute Gasteiger partial charge is 0.375 e. The second kappa shape index (κ2) is 6.55. The average Bonchev–Trinajstić information content (AvgIpc) is 2.99. The van der Waals surface area contributed by atoms with E-state index in [1.54, 1.807) is 0 Å². The normalized spacial score (nSPS) is 35.2. The molecule has 3 aliphatic rings. The second-order valence-corrected chi connectivity index (χ2v) is 6.70. The van der Waals surface area contributed by atoms with Gasteiger partial charge in [-0.1, -0.05) is 25.7 Å². The number of fused-ring (bicyclic) bond motifs is 1. The van der Waals surface area contributed by atoms with Crippen molar-refractivity contribution in [2.45, 2.75) is 69.6 Å². The van der Waals surface area contributed by atoms with E-state index in [0.717, 1.165) is 19.1 Å². The van der Waals surface area contributed by atoms with Crippen LogP contribution in [0.15, 0.2) is 0 Å². The van der Waals surface area contributed by atoms with Crippen LogP contribution in [0.2, 0.25) is 0 Å². The van der Waals surface area contributed by atoms with Crippen molar-refractivity contribution in [2.75, 3.05) is 26.7 Å². The van der Waals surface area contributed by atoms with Crippen molar-refractivity contribution in [2.24, 2.45) is 5.92 Å². The fourth-order valence-corrected chi connectivity index (χ4v) is 4.49. The van der Waals surface area contributed by atoms with Crippen molar-refractivity contribution < 1.29 is 4.74 Å². The fourth-order valence-electron chi connectivity index (χ4n) is 4.49. The molecule has 1 saturated heterocycles. The Hall–Kier alpha value is -0.120. The molecule has 3 unspecified atom stereocenters. The summed E-state index contributed by atoms with van der Waals surface area (Å²) in [6.07, 6.45) is 11.7. The molecule has 3 heteroatoms. The van der Waals surface area contributed by atoms with Gasteiger partial charge in [-0.2, -0.15) is 0 Å². The number of hydrogen-bond donors (Lipinski definition) is 1. The van der Waals surface area contributed by atoms with Crippen LogP contribution < -0.4 is 5.32 Å². The Balaban J connectivity index is 1.59. The number of ether oxygens (including phenoxy) is 1. The van der Waals surface area contributed by atoms with Gasteiger partial charge in [0.2, 0.25) is 0 Å². The molecule has 0 aromatic rings. The summed E-state index contributed by atoms with van der Waals surface area (Å²) >= 11 is 0. The van der Waals surface area contributed by atoms with Crippen molar-refractivity contribution in [1.82, 2.24) is 10.2 Å². The van der Waals surface area contributed by atoms with Gasteiger partial charge in [0, 0.05) is 25.2 Å². The number of morpholine rings is 1. The summed E-state index contributed by atoms with van der Waals surface area (Å²) in [5, 5.41) is 3.60. The van der Waals surface area contributed by atoms with Crippen LogP contribution in [0, 0.1) is 5.92 Å². The minimum Gasteiger partial charge on any atom is -0.375 e. The maximum Gasteiger partial charge on any atom is 0.0730 e. The molecule has 0 spiro atoms. The Bertz CT molecular complexity index is 276. The molecule has 1 heterocycles. The summed E-state index contributed by atoms with van der Waals surface area (Å²) in [7, 11) is 2.15. The van der Waals surface area contributed by atoms with E-state index in [0.29, 0.717) is 18.2 Å². The fraction of sp³-hybridized carbons (Fsp3) is 1.00. The van der Waals surface area contributed by atoms with E-state index in [4.69, 9.17) is 4.74 Å². The molecule has 0 bridgehead atoms. The summed E-state index contributed by atoms with van der Waals surface area (Å²) in [5.41, 5.74) is 0. The molecule has 0 amide bonds. The van der Waals surface area contributed by atoms with Gasteiger partial charge < -0.3 is 10.1 Å². The third-order valence-corrected chi connectivity index (χ3v) is 5.62. The van der Waals surface area contributed by atoms with Gasteiger partial charge in [-0.25, -0.2) is 0 Å². The van der Waals surface area contributed by atoms with Gasteiger partial charge in [-0.05, 0) is 38.6 Å². The second-order valence-electron chi connectivity index (χ2n) is 6.70. The Kier molecular flexibility index (Phi) is 4.78. The highest BCUT2D eigenvalue weighted by Gasteiger charge is 2.36. The third-order valence-electron chi connectivity index (χ3n) is 5.62. The third kappa shape index (κ3) is 3.14. The smallest absolute Gasteiger partial charge is 0.0730 e. The van der Waals surface area contributed by atoms with E-state index in [-0.39, 0.29) is 0 Å². The topological polar surface area (TPSA) is 24.5 Å². The van der Waals surface area contributed by atoms with E-state index in [2.05, 4.69) is 17.3 Å². The summed E-state index contributed by atoms with van der Waals surface area (Å²) in [6.45, 7) is 3.33. The molecule has 3 fully saturated rings. The zero-order valence-corrected chi connectivity index (χ0v) is 12.4. The molecular weight excluding hydrogens is 236 g/mol. The Morgan fingerprint density at radius 2 is 1.84 bits per heavy atom. The predicted octanol–water partition coefficient (Wildman–Crippen LogP) is 2.41. The lowest BCUT2D eigenvalue weighted by Gasteiger charge is -2.45. The first kappa shape index (κ1) is 13.8. The van der Waals surface area contributed by atoms with Gasteiger partial charge in [0.1, 0.15) is 0 Å². The molecule has 0 aromatic heterocycles. The molecular formula is C16H30N2O. The molecule has 2 saturated carbocycles. The molecule has 1 aliphatic heterocycles. The van der Waals surface area contributed by atoms with Crippen LogP contribution in [0.1, 0.15) is 51.4 Å². The Morgan fingerprint density at radius 1 is 1.11 bits per heavy atom. The van der Waals surface area contributed by atoms with E-state index in [1.807, 2.05) is 0 Å². The lowest BCUT2D eigenvalue weighted by atomic mass is 9.89. The van der Waals surface area contributed by atoms with E-state index in [1.165, 1.54) is 57.9 Å². The van der Waals surface area contributed by atoms with Crippen LogP contribution in [0.3, 0.4) is 0 Å². The molecule has 110 valence electrons. The number of nitrogens with zero attached hydrogens (tertiary/aromatic N) is 1. The number of hydrogen-bond acceptors (Lipinski definition) is 3. The van der Waals surface area contributed by atoms with Gasteiger partial charge >= 0.3 is 0 Å². The van der Waals surface area contributed by atoms with Crippen LogP contribution >= 0.6 is 0 Å². The molecule has 19 heavy (non-hydrogen) atoms. The van der Waals surface area contributed by atoms with E-state index in [9.17, 15) is 0 Å². The quantitative estimate of drug-likeness (QED) is 0.845. The minimum atomic E-state index is 0.531. The standard InChI is InChI=1S/C16H30N2O/c1-17-14(13-6-2-3-7-13)12-18-10-11-19-16-9-5-4-8-15(16)18/h13-17H,2-12H2,1H3. The Morgan fingerprint density at radius 3 is 2.63 bits per heavy atom. The predicted molar refractivity (Wildman–Crippen MR) is 78.4 cm³/mol. The van der Waals surface area contributed by atoms with Crippen molar-refractivity contribution in [3.8, 4) is 0 Å². The number of nitrogens with one attached hydrogen (secondary N) is 1. The lowest BCUT2D eigenvalue weighted by molar-refractivity contribution is -0.0913. The first-order valence-electron chi connectivity index (χ1n) is 8.41. The van der Waals surface area contributed by atoms with Gasteiger partial charge in [0.05, 0.1) is 12.7 Å². The lowest BCUT2D eigenvalue weighted by Crippen LogP contribution is -2.56. The highest BCUT2D eigenvalue weighted by atomic mass is 16.5. The molecule has 3 nitrogen and oxygen atoms in total. The van der Waals surface area contributed by atoms with Gasteiger partial charge in [0.25, 0.3) is 0 Å². The molecule has 3 atom stereocenters. The van der Waals surface area contributed by atoms with Crippen LogP contribution in [-0.4, -0.2) is 49.8 Å². The Labute approximate surface area is 118 Å². The SMILES string of the molecule is CNC(CN1CCOC2CCCCC21)C1CCCC1. The summed E-state index contributed by atoms with van der Waals surface area (Å²) < 4.78 is 5.99. The molecule has 2 aliphatic carbocycles. The first-order chi connectivity index (χ1) is 9.38. The van der Waals surface area contributed by atoms with Crippen molar-refractivity contribution in [3.05, 3.63) is 0 Å². The summed E-state index contributed by atoms with van der Waals surface area (Å²) in [4.78, 5) is 2.74. The monoisotopic (exact) mass is 266 g/mol. The first-order valence-corrected chi connectivity index (χ1v) is 8.41. The summed E-state index contributed by atoms with van der Waals surface area (Å²) in [5.74, 6) is 0.912. The van der Waals surface area contributed by atoms with Gasteiger partial charge in [-0.15, -0.1) is 0 Å². The van der Waals surface area contributed by atoms with Crippen LogP contribution in [0.4, 0.5) is 0 Å². The molecule has 3 rings (SSSR count). The maximum absolute atomic E-state index is 5.99. The van der Waals surface area contributed by atoms with Gasteiger partial charge in [0.15, 0.2) is 0 Å². The molecule has 0 radical (unpaired) electrons. The minimum absolute atomic E-state index is 0.531. The van der Waals surface area contributed by atoms with Crippen molar-refractivity contribution in [3.63, 3.8) is 0 Å². The maximum atomic E-state index is 5.99. The van der Waals surface area contributed by atoms with Gasteiger partial charge in [-0.3, -0.25) is 4.90 Å². The summed E-state index contributed by atoms with van der Waals surface area (Å²) in [6, 6.07) is 1.41. The zero-order valence-electron chi connectivity index (χ0n) is 12.4. The van der Waals surface area contributed by atoms with Crippen molar-refractivity contribution >= 4 is 0 Å².